The van der Waals surface area contributed by atoms with Crippen LogP contribution in [0.15, 0.2) is 4.52 Å². The Hall–Kier alpha value is -1.59. The molecule has 6 heteroatoms. The van der Waals surface area contributed by atoms with Crippen LogP contribution in [0.25, 0.3) is 0 Å². The van der Waals surface area contributed by atoms with Crippen LogP contribution in [-0.4, -0.2) is 40.2 Å². The predicted molar refractivity (Wildman–Crippen MR) is 80.0 cm³/mol. The monoisotopic (exact) mass is 294 g/mol. The van der Waals surface area contributed by atoms with Crippen LogP contribution in [-0.2, 0) is 0 Å². The summed E-state index contributed by atoms with van der Waals surface area (Å²) < 4.78 is 5.25. The van der Waals surface area contributed by atoms with E-state index in [0.29, 0.717) is 24.2 Å². The Morgan fingerprint density at radius 3 is 2.90 bits per heavy atom. The van der Waals surface area contributed by atoms with Crippen LogP contribution >= 0.6 is 0 Å². The first kappa shape index (κ1) is 15.8. The van der Waals surface area contributed by atoms with E-state index in [4.69, 9.17) is 4.52 Å². The van der Waals surface area contributed by atoms with Crippen LogP contribution in [0.3, 0.4) is 0 Å². The first-order chi connectivity index (χ1) is 10.0. The van der Waals surface area contributed by atoms with E-state index in [-0.39, 0.29) is 18.0 Å². The molecule has 6 nitrogen and oxygen atoms in total. The largest absolute Gasteiger partial charge is 0.339 e. The number of hydrogen-bond donors (Lipinski definition) is 1. The second-order valence-electron chi connectivity index (χ2n) is 6.09. The molecule has 1 N–H and O–H groups in total. The fourth-order valence-electron chi connectivity index (χ4n) is 2.62. The minimum Gasteiger partial charge on any atom is -0.339 e. The van der Waals surface area contributed by atoms with E-state index in [9.17, 15) is 4.79 Å². The molecule has 1 aliphatic rings. The number of aryl methyl sites for hydroxylation is 1. The van der Waals surface area contributed by atoms with E-state index in [1.165, 1.54) is 0 Å². The second-order valence-corrected chi connectivity index (χ2v) is 6.09. The average Bonchev–Trinajstić information content (AvgIpc) is 2.93. The van der Waals surface area contributed by atoms with Crippen molar-refractivity contribution in [2.24, 2.45) is 5.92 Å². The molecule has 1 saturated heterocycles. The molecule has 3 atom stereocenters. The molecule has 0 saturated carbocycles. The zero-order valence-electron chi connectivity index (χ0n) is 13.4. The van der Waals surface area contributed by atoms with Gasteiger partial charge in [0.15, 0.2) is 5.82 Å². The molecule has 1 fully saturated rings. The van der Waals surface area contributed by atoms with Gasteiger partial charge in [-0.25, -0.2) is 4.79 Å². The molecular formula is C15H26N4O2. The number of rotatable bonds is 4. The van der Waals surface area contributed by atoms with Crippen LogP contribution < -0.4 is 5.32 Å². The molecule has 0 bridgehead atoms. The minimum atomic E-state index is 0.0173. The number of carbonyl (C=O) groups excluding carboxylic acids is 1. The first-order valence-electron chi connectivity index (χ1n) is 7.86. The maximum atomic E-state index is 12.4. The molecule has 3 unspecified atom stereocenters. The molecule has 2 amide bonds. The van der Waals surface area contributed by atoms with Crippen LogP contribution in [0.1, 0.15) is 57.7 Å². The number of hydrogen-bond acceptors (Lipinski definition) is 4. The van der Waals surface area contributed by atoms with Gasteiger partial charge in [0, 0.05) is 19.1 Å². The Morgan fingerprint density at radius 1 is 1.52 bits per heavy atom. The van der Waals surface area contributed by atoms with Gasteiger partial charge in [0.2, 0.25) is 5.89 Å². The van der Waals surface area contributed by atoms with Gasteiger partial charge < -0.3 is 14.7 Å². The van der Waals surface area contributed by atoms with Crippen molar-refractivity contribution in [1.29, 1.82) is 0 Å². The van der Waals surface area contributed by atoms with E-state index < -0.39 is 0 Å². The topological polar surface area (TPSA) is 71.3 Å². The fraction of sp³-hybridized carbons (Fsp3) is 0.800. The van der Waals surface area contributed by atoms with Gasteiger partial charge >= 0.3 is 6.03 Å². The van der Waals surface area contributed by atoms with E-state index in [1.807, 2.05) is 11.8 Å². The number of piperidine rings is 1. The summed E-state index contributed by atoms with van der Waals surface area (Å²) in [5.41, 5.74) is 0. The molecule has 118 valence electrons. The Morgan fingerprint density at radius 2 is 2.29 bits per heavy atom. The molecule has 1 aliphatic heterocycles. The lowest BCUT2D eigenvalue weighted by Gasteiger charge is -2.32. The molecule has 1 aromatic heterocycles. The Balaban J connectivity index is 1.93. The summed E-state index contributed by atoms with van der Waals surface area (Å²) in [5.74, 6) is 1.94. The van der Waals surface area contributed by atoms with Gasteiger partial charge in [0.1, 0.15) is 0 Å². The SMILES string of the molecule is CCC(C)C(C)NC(=O)N1CCCC(c2nc(C)no2)C1. The van der Waals surface area contributed by atoms with E-state index in [1.54, 1.807) is 0 Å². The summed E-state index contributed by atoms with van der Waals surface area (Å²) >= 11 is 0. The number of carbonyl (C=O) groups is 1. The molecule has 0 radical (unpaired) electrons. The Kier molecular flexibility index (Phi) is 5.20. The van der Waals surface area contributed by atoms with E-state index >= 15 is 0 Å². The maximum Gasteiger partial charge on any atom is 0.317 e. The number of nitrogens with one attached hydrogen (secondary N) is 1. The van der Waals surface area contributed by atoms with Gasteiger partial charge in [-0.3, -0.25) is 0 Å². The van der Waals surface area contributed by atoms with Crippen molar-refractivity contribution in [2.75, 3.05) is 13.1 Å². The lowest BCUT2D eigenvalue weighted by Crippen LogP contribution is -2.49. The van der Waals surface area contributed by atoms with Crippen molar-refractivity contribution < 1.29 is 9.32 Å². The van der Waals surface area contributed by atoms with E-state index in [0.717, 1.165) is 25.8 Å². The van der Waals surface area contributed by atoms with Gasteiger partial charge in [-0.1, -0.05) is 25.4 Å². The average molecular weight is 294 g/mol. The molecule has 0 aromatic carbocycles. The maximum absolute atomic E-state index is 12.4. The third-order valence-corrected chi connectivity index (χ3v) is 4.45. The zero-order valence-corrected chi connectivity index (χ0v) is 13.4. The summed E-state index contributed by atoms with van der Waals surface area (Å²) in [7, 11) is 0. The fourth-order valence-corrected chi connectivity index (χ4v) is 2.62. The summed E-state index contributed by atoms with van der Waals surface area (Å²) in [6.07, 6.45) is 3.02. The molecule has 0 aliphatic carbocycles. The predicted octanol–water partition coefficient (Wildman–Crippen LogP) is 2.70. The minimum absolute atomic E-state index is 0.0173. The summed E-state index contributed by atoms with van der Waals surface area (Å²) in [5, 5.41) is 6.94. The van der Waals surface area contributed by atoms with Crippen molar-refractivity contribution >= 4 is 6.03 Å². The normalized spacial score (nSPS) is 21.9. The summed E-state index contributed by atoms with van der Waals surface area (Å²) in [6, 6.07) is 0.206. The number of likely N-dealkylation sites (tertiary alicyclic amines) is 1. The van der Waals surface area contributed by atoms with Gasteiger partial charge in [-0.2, -0.15) is 4.98 Å². The van der Waals surface area contributed by atoms with Crippen molar-refractivity contribution in [3.05, 3.63) is 11.7 Å². The lowest BCUT2D eigenvalue weighted by molar-refractivity contribution is 0.166. The number of nitrogens with zero attached hydrogens (tertiary/aromatic N) is 3. The molecule has 21 heavy (non-hydrogen) atoms. The molecular weight excluding hydrogens is 268 g/mol. The van der Waals surface area contributed by atoms with Gasteiger partial charge in [-0.05, 0) is 32.6 Å². The smallest absolute Gasteiger partial charge is 0.317 e. The highest BCUT2D eigenvalue weighted by Crippen LogP contribution is 2.25. The van der Waals surface area contributed by atoms with Gasteiger partial charge in [0.25, 0.3) is 0 Å². The zero-order chi connectivity index (χ0) is 15.4. The van der Waals surface area contributed by atoms with Crippen molar-refractivity contribution in [3.63, 3.8) is 0 Å². The van der Waals surface area contributed by atoms with Crippen molar-refractivity contribution in [2.45, 2.75) is 58.9 Å². The Bertz CT molecular complexity index is 474. The van der Waals surface area contributed by atoms with Gasteiger partial charge in [0.05, 0.1) is 5.92 Å². The lowest BCUT2D eigenvalue weighted by atomic mass is 9.98. The van der Waals surface area contributed by atoms with Crippen LogP contribution in [0.5, 0.6) is 0 Å². The highest BCUT2D eigenvalue weighted by molar-refractivity contribution is 5.74. The highest BCUT2D eigenvalue weighted by Gasteiger charge is 2.29. The number of urea groups is 1. The van der Waals surface area contributed by atoms with Crippen LogP contribution in [0.2, 0.25) is 0 Å². The molecule has 0 spiro atoms. The van der Waals surface area contributed by atoms with Crippen LogP contribution in [0.4, 0.5) is 4.79 Å². The van der Waals surface area contributed by atoms with Gasteiger partial charge in [-0.15, -0.1) is 0 Å². The number of aromatic nitrogens is 2. The molecule has 2 rings (SSSR count). The van der Waals surface area contributed by atoms with E-state index in [2.05, 4.69) is 36.2 Å². The molecule has 1 aromatic rings. The number of amides is 2. The highest BCUT2D eigenvalue weighted by atomic mass is 16.5. The quantitative estimate of drug-likeness (QED) is 0.926. The first-order valence-corrected chi connectivity index (χ1v) is 7.86. The summed E-state index contributed by atoms with van der Waals surface area (Å²) in [6.45, 7) is 9.62. The van der Waals surface area contributed by atoms with Crippen LogP contribution in [0, 0.1) is 12.8 Å². The molecule has 2 heterocycles. The third-order valence-electron chi connectivity index (χ3n) is 4.45. The standard InChI is InChI=1S/C15H26N4O2/c1-5-10(2)11(3)16-15(20)19-8-6-7-13(9-19)14-17-12(4)18-21-14/h10-11,13H,5-9H2,1-4H3,(H,16,20). The Labute approximate surface area is 126 Å². The van der Waals surface area contributed by atoms with Crippen molar-refractivity contribution in [1.82, 2.24) is 20.4 Å². The van der Waals surface area contributed by atoms with Crippen molar-refractivity contribution in [3.8, 4) is 0 Å². The second kappa shape index (κ2) is 6.91. The summed E-state index contributed by atoms with van der Waals surface area (Å²) in [4.78, 5) is 18.5. The third kappa shape index (κ3) is 3.95.